The molecule has 2 aromatic carbocycles. The number of amides is 1. The van der Waals surface area contributed by atoms with Crippen LogP contribution in [-0.4, -0.2) is 42.4 Å². The average molecular weight is 480 g/mol. The Bertz CT molecular complexity index is 1200. The summed E-state index contributed by atoms with van der Waals surface area (Å²) in [6, 6.07) is 14.8. The number of carbonyl (C=O) groups is 1. The number of anilines is 3. The minimum absolute atomic E-state index is 0.0942. The minimum Gasteiger partial charge on any atom is -0.325 e. The molecule has 1 aliphatic heterocycles. The summed E-state index contributed by atoms with van der Waals surface area (Å²) in [5, 5.41) is 6.11. The fourth-order valence-corrected chi connectivity index (χ4v) is 6.12. The maximum absolute atomic E-state index is 12.2. The molecule has 5 rings (SSSR count). The molecule has 1 fully saturated rings. The number of para-hydroxylation sites is 1. The maximum Gasteiger partial charge on any atom is 0.228 e. The van der Waals surface area contributed by atoms with Crippen LogP contribution in [0, 0.1) is 0 Å². The zero-order chi connectivity index (χ0) is 23.7. The number of hydrogen-bond donors (Lipinski definition) is 4. The van der Waals surface area contributed by atoms with Gasteiger partial charge in [-0.2, -0.15) is 0 Å². The highest BCUT2D eigenvalue weighted by molar-refractivity contribution is 8.22. The molecule has 1 amide bonds. The first-order valence-corrected chi connectivity index (χ1v) is 13.1. The van der Waals surface area contributed by atoms with Crippen molar-refractivity contribution in [3.8, 4) is 11.3 Å². The predicted molar refractivity (Wildman–Crippen MR) is 135 cm³/mol. The van der Waals surface area contributed by atoms with Crippen molar-refractivity contribution in [1.82, 2.24) is 14.3 Å². The Morgan fingerprint density at radius 3 is 2.56 bits per heavy atom. The van der Waals surface area contributed by atoms with Crippen LogP contribution in [0.5, 0.6) is 0 Å². The molecule has 0 spiro atoms. The number of benzene rings is 2. The van der Waals surface area contributed by atoms with E-state index in [0.717, 1.165) is 48.2 Å². The Labute approximate surface area is 200 Å². The number of nitrogens with zero attached hydrogens (tertiary/aromatic N) is 3. The molecule has 2 heterocycles. The van der Waals surface area contributed by atoms with Crippen molar-refractivity contribution < 1.29 is 13.9 Å². The van der Waals surface area contributed by atoms with Gasteiger partial charge in [0.05, 0.1) is 22.7 Å². The lowest BCUT2D eigenvalue weighted by Crippen LogP contribution is -2.35. The molecule has 1 aliphatic carbocycles. The minimum atomic E-state index is -3.05. The lowest BCUT2D eigenvalue weighted by molar-refractivity contribution is -0.115. The Morgan fingerprint density at radius 2 is 1.79 bits per heavy atom. The summed E-state index contributed by atoms with van der Waals surface area (Å²) >= 11 is 0. The first-order valence-electron chi connectivity index (χ1n) is 11.6. The molecule has 0 atom stereocenters. The molecule has 34 heavy (non-hydrogen) atoms. The highest BCUT2D eigenvalue weighted by Crippen LogP contribution is 2.53. The van der Waals surface area contributed by atoms with Crippen molar-refractivity contribution in [2.75, 3.05) is 17.7 Å². The highest BCUT2D eigenvalue weighted by atomic mass is 32.3. The summed E-state index contributed by atoms with van der Waals surface area (Å²) in [5.74, 6) is 0.310. The Balaban J connectivity index is 1.36. The van der Waals surface area contributed by atoms with Crippen LogP contribution in [0.3, 0.4) is 0 Å². The molecule has 2 aliphatic rings. The van der Waals surface area contributed by atoms with Gasteiger partial charge in [0.2, 0.25) is 11.9 Å². The van der Waals surface area contributed by atoms with Crippen molar-refractivity contribution in [2.24, 2.45) is 0 Å². The normalized spacial score (nSPS) is 16.9. The predicted octanol–water partition coefficient (Wildman–Crippen LogP) is 5.67. The van der Waals surface area contributed by atoms with Crippen molar-refractivity contribution in [2.45, 2.75) is 49.5 Å². The molecule has 0 saturated heterocycles. The smallest absolute Gasteiger partial charge is 0.228 e. The number of rotatable bonds is 5. The SMILES string of the molecule is CN(C1CCCCC1)S(O)(O)c1ccc(Nc2ncc3c(n2)-c2ccccc2NC(=O)C3)cc1. The number of fused-ring (bicyclic) bond motifs is 3. The first-order chi connectivity index (χ1) is 16.4. The molecular formula is C25H29N5O3S. The largest absolute Gasteiger partial charge is 0.325 e. The standard InChI is InChI=1S/C25H29N5O3S/c1-30(19-7-3-2-4-8-19)34(32,33)20-13-11-18(12-14-20)27-25-26-16-17-15-23(31)28-22-10-6-5-9-21(22)24(17)29-25/h5-6,9-14,16,19,32-33H,2-4,7-8,15H2,1H3,(H,28,31)(H,26,27,29). The second-order valence-corrected chi connectivity index (χ2v) is 10.9. The molecule has 4 N–H and O–H groups in total. The van der Waals surface area contributed by atoms with Crippen LogP contribution in [0.4, 0.5) is 17.3 Å². The molecule has 8 nitrogen and oxygen atoms in total. The van der Waals surface area contributed by atoms with Crippen LogP contribution in [-0.2, 0) is 11.2 Å². The van der Waals surface area contributed by atoms with E-state index in [1.54, 1.807) is 41.8 Å². The van der Waals surface area contributed by atoms with Gasteiger partial charge >= 0.3 is 0 Å². The monoisotopic (exact) mass is 479 g/mol. The molecule has 0 bridgehead atoms. The van der Waals surface area contributed by atoms with Gasteiger partial charge in [-0.15, -0.1) is 10.8 Å². The van der Waals surface area contributed by atoms with Gasteiger partial charge in [-0.3, -0.25) is 13.9 Å². The zero-order valence-electron chi connectivity index (χ0n) is 19.1. The third kappa shape index (κ3) is 4.52. The third-order valence-corrected chi connectivity index (χ3v) is 8.59. The van der Waals surface area contributed by atoms with E-state index >= 15 is 0 Å². The van der Waals surface area contributed by atoms with E-state index < -0.39 is 10.8 Å². The van der Waals surface area contributed by atoms with Gasteiger partial charge < -0.3 is 10.6 Å². The summed E-state index contributed by atoms with van der Waals surface area (Å²) in [6.45, 7) is 0. The van der Waals surface area contributed by atoms with Crippen LogP contribution < -0.4 is 10.6 Å². The first kappa shape index (κ1) is 22.8. The molecule has 3 aromatic rings. The molecule has 1 aromatic heterocycles. The summed E-state index contributed by atoms with van der Waals surface area (Å²) < 4.78 is 23.6. The highest BCUT2D eigenvalue weighted by Gasteiger charge is 2.29. The van der Waals surface area contributed by atoms with Gasteiger partial charge in [0.25, 0.3) is 0 Å². The van der Waals surface area contributed by atoms with Crippen molar-refractivity contribution in [3.63, 3.8) is 0 Å². The van der Waals surface area contributed by atoms with Crippen LogP contribution in [0.1, 0.15) is 37.7 Å². The van der Waals surface area contributed by atoms with Gasteiger partial charge in [-0.05, 0) is 43.2 Å². The zero-order valence-corrected chi connectivity index (χ0v) is 19.9. The lowest BCUT2D eigenvalue weighted by atomic mass is 9.96. The topological polar surface area (TPSA) is 111 Å². The van der Waals surface area contributed by atoms with Crippen LogP contribution in [0.25, 0.3) is 11.3 Å². The van der Waals surface area contributed by atoms with Crippen molar-refractivity contribution in [3.05, 3.63) is 60.3 Å². The maximum atomic E-state index is 12.2. The molecule has 178 valence electrons. The number of nitrogens with one attached hydrogen (secondary N) is 2. The summed E-state index contributed by atoms with van der Waals surface area (Å²) in [6.07, 6.45) is 7.35. The van der Waals surface area contributed by atoms with Gasteiger partial charge in [0.1, 0.15) is 0 Å². The number of hydrogen-bond acceptors (Lipinski definition) is 7. The third-order valence-electron chi connectivity index (χ3n) is 6.59. The van der Waals surface area contributed by atoms with Crippen LogP contribution >= 0.6 is 10.8 Å². The van der Waals surface area contributed by atoms with E-state index in [0.29, 0.717) is 16.5 Å². The summed E-state index contributed by atoms with van der Waals surface area (Å²) in [5.41, 5.74) is 3.79. The van der Waals surface area contributed by atoms with Gasteiger partial charge in [0, 0.05) is 36.1 Å². The van der Waals surface area contributed by atoms with Gasteiger partial charge in [-0.1, -0.05) is 37.5 Å². The van der Waals surface area contributed by atoms with Gasteiger partial charge in [0.15, 0.2) is 0 Å². The number of carbonyl (C=O) groups excluding carboxylic acids is 1. The average Bonchev–Trinajstić information content (AvgIpc) is 2.99. The van der Waals surface area contributed by atoms with Gasteiger partial charge in [-0.25, -0.2) is 14.3 Å². The quantitative estimate of drug-likeness (QED) is 0.373. The van der Waals surface area contributed by atoms with Crippen molar-refractivity contribution >= 4 is 34.0 Å². The summed E-state index contributed by atoms with van der Waals surface area (Å²) in [4.78, 5) is 21.8. The lowest BCUT2D eigenvalue weighted by Gasteiger charge is -2.46. The van der Waals surface area contributed by atoms with E-state index in [2.05, 4.69) is 20.6 Å². The fourth-order valence-electron chi connectivity index (χ4n) is 4.66. The molecule has 1 saturated carbocycles. The fraction of sp³-hybridized carbons (Fsp3) is 0.320. The molecule has 0 radical (unpaired) electrons. The Kier molecular flexibility index (Phi) is 6.26. The van der Waals surface area contributed by atoms with Crippen molar-refractivity contribution in [1.29, 1.82) is 0 Å². The molecule has 0 unspecified atom stereocenters. The number of aromatic nitrogens is 2. The van der Waals surface area contributed by atoms with Crippen LogP contribution in [0.15, 0.2) is 59.6 Å². The molecule has 9 heteroatoms. The van der Waals surface area contributed by atoms with E-state index in [-0.39, 0.29) is 18.4 Å². The second kappa shape index (κ2) is 9.34. The molecular weight excluding hydrogens is 450 g/mol. The van der Waals surface area contributed by atoms with E-state index in [1.165, 1.54) is 6.42 Å². The van der Waals surface area contributed by atoms with E-state index in [9.17, 15) is 13.9 Å². The summed E-state index contributed by atoms with van der Waals surface area (Å²) in [7, 11) is -1.24. The second-order valence-electron chi connectivity index (χ2n) is 8.84. The Hall–Kier alpha value is -2.98. The van der Waals surface area contributed by atoms with E-state index in [4.69, 9.17) is 0 Å². The van der Waals surface area contributed by atoms with E-state index in [1.807, 2.05) is 24.3 Å². The Morgan fingerprint density at radius 1 is 1.06 bits per heavy atom. The van der Waals surface area contributed by atoms with Crippen LogP contribution in [0.2, 0.25) is 0 Å².